The molecule has 2 aromatic heterocycles. The topological polar surface area (TPSA) is 161 Å². The van der Waals surface area contributed by atoms with Crippen molar-refractivity contribution in [3.63, 3.8) is 0 Å². The number of carbonyl (C=O) groups excluding carboxylic acids is 1. The summed E-state index contributed by atoms with van der Waals surface area (Å²) in [6, 6.07) is 12.6. The number of nitrogens with two attached hydrogens (primary N) is 1. The second-order valence-corrected chi connectivity index (χ2v) is 12.3. The van der Waals surface area contributed by atoms with Crippen molar-refractivity contribution >= 4 is 44.6 Å². The van der Waals surface area contributed by atoms with E-state index in [1.165, 1.54) is 33.8 Å². The fourth-order valence-electron chi connectivity index (χ4n) is 4.10. The normalized spacial score (nSPS) is 13.6. The third-order valence-corrected chi connectivity index (χ3v) is 8.55. The Hall–Kier alpha value is -3.52. The van der Waals surface area contributed by atoms with Crippen molar-refractivity contribution in [2.24, 2.45) is 5.92 Å². The Morgan fingerprint density at radius 3 is 2.69 bits per heavy atom. The number of rotatable bonds is 12. The predicted molar refractivity (Wildman–Crippen MR) is 147 cm³/mol. The standard InChI is InChI=1S/C26H31N5O6S2/c1-17(2)14-31(39(34,35)20-8-9-21-24(11-20)37-25(27)30-21)22(10-18-6-4-3-5-7-18)23(32)13-29-26(33)36-15-19-12-28-16-38-19/h3-9,11-12,16-17,22-23,32H,10,13-15H2,1-2H3,(H2,27,30)(H,29,33). The molecule has 2 unspecified atom stereocenters. The first-order valence-electron chi connectivity index (χ1n) is 12.3. The fourth-order valence-corrected chi connectivity index (χ4v) is 6.44. The van der Waals surface area contributed by atoms with Gasteiger partial charge in [0.05, 0.1) is 27.4 Å². The van der Waals surface area contributed by atoms with Crippen LogP contribution in [0, 0.1) is 5.92 Å². The SMILES string of the molecule is CC(C)CN(C(Cc1ccccc1)C(O)CNC(=O)OCc1cncs1)S(=O)(=O)c1ccc2nc(N)oc2c1. The Morgan fingerprint density at radius 1 is 1.23 bits per heavy atom. The molecule has 4 N–H and O–H groups in total. The van der Waals surface area contributed by atoms with Gasteiger partial charge < -0.3 is 25.3 Å². The average Bonchev–Trinajstić information content (AvgIpc) is 3.56. The van der Waals surface area contributed by atoms with E-state index in [1.807, 2.05) is 44.2 Å². The molecule has 0 saturated heterocycles. The van der Waals surface area contributed by atoms with Crippen LogP contribution in [0.1, 0.15) is 24.3 Å². The van der Waals surface area contributed by atoms with Gasteiger partial charge in [0, 0.05) is 25.4 Å². The highest BCUT2D eigenvalue weighted by atomic mass is 32.2. The number of aromatic nitrogens is 2. The molecule has 0 spiro atoms. The van der Waals surface area contributed by atoms with E-state index in [1.54, 1.807) is 11.7 Å². The maximum Gasteiger partial charge on any atom is 0.407 e. The molecular formula is C26H31N5O6S2. The molecule has 0 aliphatic carbocycles. The van der Waals surface area contributed by atoms with Crippen LogP contribution in [0.4, 0.5) is 10.8 Å². The zero-order chi connectivity index (χ0) is 28.0. The van der Waals surface area contributed by atoms with Gasteiger partial charge in [-0.25, -0.2) is 13.2 Å². The summed E-state index contributed by atoms with van der Waals surface area (Å²) in [6.45, 7) is 3.74. The summed E-state index contributed by atoms with van der Waals surface area (Å²) in [7, 11) is -4.13. The molecule has 39 heavy (non-hydrogen) atoms. The molecule has 4 rings (SSSR count). The van der Waals surface area contributed by atoms with Gasteiger partial charge >= 0.3 is 6.09 Å². The molecule has 13 heteroatoms. The van der Waals surface area contributed by atoms with E-state index < -0.39 is 28.3 Å². The van der Waals surface area contributed by atoms with Gasteiger partial charge in [-0.15, -0.1) is 11.3 Å². The van der Waals surface area contributed by atoms with Crippen LogP contribution in [0.5, 0.6) is 0 Å². The van der Waals surface area contributed by atoms with Crippen molar-refractivity contribution in [1.82, 2.24) is 19.6 Å². The summed E-state index contributed by atoms with van der Waals surface area (Å²) < 4.78 is 39.9. The monoisotopic (exact) mass is 573 g/mol. The molecule has 2 aromatic carbocycles. The van der Waals surface area contributed by atoms with Crippen molar-refractivity contribution in [3.8, 4) is 0 Å². The number of nitrogens with zero attached hydrogens (tertiary/aromatic N) is 3. The number of benzene rings is 2. The molecular weight excluding hydrogens is 542 g/mol. The van der Waals surface area contributed by atoms with Crippen LogP contribution in [0.2, 0.25) is 0 Å². The van der Waals surface area contributed by atoms with E-state index in [2.05, 4.69) is 15.3 Å². The molecule has 1 amide bonds. The number of ether oxygens (including phenoxy) is 1. The first-order valence-corrected chi connectivity index (χ1v) is 14.6. The number of hydrogen-bond acceptors (Lipinski definition) is 10. The minimum atomic E-state index is -4.13. The van der Waals surface area contributed by atoms with Crippen molar-refractivity contribution < 1.29 is 27.5 Å². The van der Waals surface area contributed by atoms with Gasteiger partial charge in [-0.05, 0) is 30.0 Å². The minimum absolute atomic E-state index is 0.0195. The number of alkyl carbamates (subject to hydrolysis) is 1. The van der Waals surface area contributed by atoms with Crippen molar-refractivity contribution in [3.05, 3.63) is 70.7 Å². The zero-order valence-electron chi connectivity index (χ0n) is 21.6. The second kappa shape index (κ2) is 12.6. The molecule has 0 bridgehead atoms. The first kappa shape index (κ1) is 28.5. The minimum Gasteiger partial charge on any atom is -0.444 e. The number of fused-ring (bicyclic) bond motifs is 1. The Kier molecular flexibility index (Phi) is 9.17. The van der Waals surface area contributed by atoms with Gasteiger partial charge in [-0.3, -0.25) is 4.98 Å². The number of aliphatic hydroxyl groups is 1. The predicted octanol–water partition coefficient (Wildman–Crippen LogP) is 3.41. The van der Waals surface area contributed by atoms with Crippen LogP contribution in [-0.4, -0.2) is 59.1 Å². The molecule has 2 atom stereocenters. The highest BCUT2D eigenvalue weighted by Gasteiger charge is 2.37. The van der Waals surface area contributed by atoms with Crippen LogP contribution in [-0.2, 0) is 27.8 Å². The van der Waals surface area contributed by atoms with E-state index in [9.17, 15) is 18.3 Å². The number of thiazole rings is 1. The van der Waals surface area contributed by atoms with Gasteiger partial charge in [0.15, 0.2) is 5.58 Å². The Balaban J connectivity index is 1.60. The number of nitrogen functional groups attached to an aromatic ring is 1. The first-order chi connectivity index (χ1) is 18.6. The smallest absolute Gasteiger partial charge is 0.407 e. The lowest BCUT2D eigenvalue weighted by Gasteiger charge is -2.35. The molecule has 2 heterocycles. The number of sulfonamides is 1. The van der Waals surface area contributed by atoms with Gasteiger partial charge in [-0.2, -0.15) is 9.29 Å². The molecule has 0 fully saturated rings. The van der Waals surface area contributed by atoms with Gasteiger partial charge in [0.1, 0.15) is 12.1 Å². The highest BCUT2D eigenvalue weighted by molar-refractivity contribution is 7.89. The van der Waals surface area contributed by atoms with E-state index in [0.717, 1.165) is 10.4 Å². The molecule has 0 radical (unpaired) electrons. The summed E-state index contributed by atoms with van der Waals surface area (Å²) in [5, 5.41) is 13.9. The van der Waals surface area contributed by atoms with Crippen LogP contribution < -0.4 is 11.1 Å². The molecule has 0 aliphatic heterocycles. The number of hydrogen-bond donors (Lipinski definition) is 3. The van der Waals surface area contributed by atoms with Gasteiger partial charge in [-0.1, -0.05) is 44.2 Å². The number of amides is 1. The number of carbonyl (C=O) groups is 1. The van der Waals surface area contributed by atoms with Crippen LogP contribution in [0.25, 0.3) is 11.1 Å². The quantitative estimate of drug-likeness (QED) is 0.231. The van der Waals surface area contributed by atoms with E-state index in [4.69, 9.17) is 14.9 Å². The number of aliphatic hydroxyl groups excluding tert-OH is 1. The summed E-state index contributed by atoms with van der Waals surface area (Å²) in [5.41, 5.74) is 8.77. The van der Waals surface area contributed by atoms with Crippen LogP contribution in [0.3, 0.4) is 0 Å². The summed E-state index contributed by atoms with van der Waals surface area (Å²) in [5.74, 6) is -0.0627. The number of anilines is 1. The van der Waals surface area contributed by atoms with Crippen molar-refractivity contribution in [2.45, 2.75) is 43.9 Å². The third kappa shape index (κ3) is 7.32. The zero-order valence-corrected chi connectivity index (χ0v) is 23.2. The molecule has 208 valence electrons. The van der Waals surface area contributed by atoms with E-state index in [0.29, 0.717) is 5.52 Å². The summed E-state index contributed by atoms with van der Waals surface area (Å²) in [4.78, 5) is 21.0. The third-order valence-electron chi connectivity index (χ3n) is 5.91. The molecule has 0 aliphatic rings. The van der Waals surface area contributed by atoms with E-state index in [-0.39, 0.29) is 48.5 Å². The average molecular weight is 574 g/mol. The Labute approximate surface area is 230 Å². The Morgan fingerprint density at radius 2 is 2.00 bits per heavy atom. The second-order valence-electron chi connectivity index (χ2n) is 9.40. The fraction of sp³-hybridized carbons (Fsp3) is 0.346. The summed E-state index contributed by atoms with van der Waals surface area (Å²) >= 11 is 1.35. The maximum atomic E-state index is 14.0. The lowest BCUT2D eigenvalue weighted by atomic mass is 10.0. The molecule has 11 nitrogen and oxygen atoms in total. The molecule has 4 aromatic rings. The maximum absolute atomic E-state index is 14.0. The van der Waals surface area contributed by atoms with Gasteiger partial charge in [0.25, 0.3) is 6.01 Å². The number of oxazole rings is 1. The van der Waals surface area contributed by atoms with E-state index >= 15 is 0 Å². The number of nitrogens with one attached hydrogen (secondary N) is 1. The van der Waals surface area contributed by atoms with Crippen LogP contribution >= 0.6 is 11.3 Å². The largest absolute Gasteiger partial charge is 0.444 e. The van der Waals surface area contributed by atoms with Crippen LogP contribution in [0.15, 0.2) is 69.6 Å². The molecule has 0 saturated carbocycles. The van der Waals surface area contributed by atoms with Crippen molar-refractivity contribution in [2.75, 3.05) is 18.8 Å². The summed E-state index contributed by atoms with van der Waals surface area (Å²) in [6.07, 6.45) is -0.169. The Bertz CT molecular complexity index is 1480. The van der Waals surface area contributed by atoms with Gasteiger partial charge in [0.2, 0.25) is 10.0 Å². The van der Waals surface area contributed by atoms with Crippen molar-refractivity contribution in [1.29, 1.82) is 0 Å². The lowest BCUT2D eigenvalue weighted by Crippen LogP contribution is -2.52. The lowest BCUT2D eigenvalue weighted by molar-refractivity contribution is 0.0786. The highest BCUT2D eigenvalue weighted by Crippen LogP contribution is 2.27.